The van der Waals surface area contributed by atoms with Crippen LogP contribution in [0.3, 0.4) is 0 Å². The monoisotopic (exact) mass is 528 g/mol. The second-order valence-electron chi connectivity index (χ2n) is 9.45. The first-order chi connectivity index (χ1) is 18.5. The van der Waals surface area contributed by atoms with E-state index in [0.717, 1.165) is 60.6 Å². The predicted molar refractivity (Wildman–Crippen MR) is 147 cm³/mol. The molecule has 0 bridgehead atoms. The maximum Gasteiger partial charge on any atom is 0.283 e. The van der Waals surface area contributed by atoms with Gasteiger partial charge in [-0.05, 0) is 49.2 Å². The van der Waals surface area contributed by atoms with Crippen molar-refractivity contribution in [3.63, 3.8) is 0 Å². The molecule has 0 radical (unpaired) electrons. The van der Waals surface area contributed by atoms with Gasteiger partial charge in [0.1, 0.15) is 10.9 Å². The van der Waals surface area contributed by atoms with Crippen molar-refractivity contribution in [3.8, 4) is 0 Å². The Balaban J connectivity index is 1.28. The molecule has 0 saturated carbocycles. The molecule has 1 saturated heterocycles. The highest BCUT2D eigenvalue weighted by Crippen LogP contribution is 2.31. The van der Waals surface area contributed by atoms with Crippen molar-refractivity contribution in [2.24, 2.45) is 10.1 Å². The standard InChI is InChI=1S/C28H25FN6O2S/c29-22-10-4-2-8-18(22)16-34-17-19(20-9-3-5-11-23(20)34)14-21-26(30)35-28(31-27(21)37)38-24(32-35)15-25(36)33-12-6-1-7-13-33/h2-5,8-11,14,17,30H,1,6-7,12-13,15-16H2. The molecule has 8 nitrogen and oxygen atoms in total. The number of halogens is 1. The van der Waals surface area contributed by atoms with Crippen LogP contribution in [0.1, 0.15) is 36.8 Å². The third-order valence-corrected chi connectivity index (χ3v) is 7.83. The van der Waals surface area contributed by atoms with E-state index in [1.165, 1.54) is 11.1 Å². The van der Waals surface area contributed by atoms with E-state index in [1.54, 1.807) is 24.3 Å². The molecule has 0 aliphatic carbocycles. The molecule has 2 aromatic carbocycles. The molecule has 1 aromatic heterocycles. The van der Waals surface area contributed by atoms with E-state index in [4.69, 9.17) is 5.41 Å². The molecule has 4 heterocycles. The van der Waals surface area contributed by atoms with Gasteiger partial charge in [0.05, 0.1) is 18.5 Å². The summed E-state index contributed by atoms with van der Waals surface area (Å²) in [5.41, 5.74) is 2.27. The summed E-state index contributed by atoms with van der Waals surface area (Å²) in [6.45, 7) is 1.84. The lowest BCUT2D eigenvalue weighted by Crippen LogP contribution is -2.36. The Kier molecular flexibility index (Phi) is 6.40. The van der Waals surface area contributed by atoms with Gasteiger partial charge in [-0.2, -0.15) is 15.1 Å². The lowest BCUT2D eigenvalue weighted by Gasteiger charge is -2.26. The zero-order valence-electron chi connectivity index (χ0n) is 20.6. The zero-order valence-corrected chi connectivity index (χ0v) is 21.4. The van der Waals surface area contributed by atoms with Gasteiger partial charge in [-0.3, -0.25) is 15.0 Å². The second kappa shape index (κ2) is 10.0. The number of hydrazone groups is 1. The minimum atomic E-state index is -0.529. The molecule has 38 heavy (non-hydrogen) atoms. The highest BCUT2D eigenvalue weighted by molar-refractivity contribution is 8.27. The summed E-state index contributed by atoms with van der Waals surface area (Å²) in [4.78, 5) is 31.7. The lowest BCUT2D eigenvalue weighted by molar-refractivity contribution is -0.130. The number of rotatable bonds is 5. The molecular formula is C28H25FN6O2S. The summed E-state index contributed by atoms with van der Waals surface area (Å²) < 4.78 is 16.3. The van der Waals surface area contributed by atoms with Crippen LogP contribution in [-0.4, -0.2) is 55.4 Å². The van der Waals surface area contributed by atoms with Crippen LogP contribution >= 0.6 is 11.8 Å². The van der Waals surface area contributed by atoms with Crippen molar-refractivity contribution in [2.75, 3.05) is 13.1 Å². The fourth-order valence-corrected chi connectivity index (χ4v) is 5.85. The molecule has 3 aromatic rings. The van der Waals surface area contributed by atoms with Crippen molar-refractivity contribution in [1.82, 2.24) is 14.5 Å². The van der Waals surface area contributed by atoms with Gasteiger partial charge < -0.3 is 9.47 Å². The van der Waals surface area contributed by atoms with E-state index >= 15 is 0 Å². The number of carbonyl (C=O) groups excluding carboxylic acids is 2. The largest absolute Gasteiger partial charge is 0.342 e. The topological polar surface area (TPSA) is 94.1 Å². The van der Waals surface area contributed by atoms with Gasteiger partial charge in [0, 0.05) is 41.3 Å². The number of nitrogens with one attached hydrogen (secondary N) is 1. The maximum atomic E-state index is 14.3. The number of para-hydroxylation sites is 1. The Hall–Kier alpha value is -4.05. The molecule has 3 aliphatic heterocycles. The molecule has 6 rings (SSSR count). The van der Waals surface area contributed by atoms with Gasteiger partial charge in [-0.25, -0.2) is 4.39 Å². The van der Waals surface area contributed by atoms with Crippen molar-refractivity contribution in [2.45, 2.75) is 32.2 Å². The van der Waals surface area contributed by atoms with E-state index in [-0.39, 0.29) is 29.6 Å². The van der Waals surface area contributed by atoms with E-state index < -0.39 is 5.91 Å². The first-order valence-corrected chi connectivity index (χ1v) is 13.4. The van der Waals surface area contributed by atoms with Crippen LogP contribution in [0.25, 0.3) is 17.0 Å². The van der Waals surface area contributed by atoms with E-state index in [9.17, 15) is 14.0 Å². The number of amides is 2. The fourth-order valence-electron chi connectivity index (χ4n) is 4.97. The number of hydrogen-bond donors (Lipinski definition) is 1. The van der Waals surface area contributed by atoms with E-state index in [0.29, 0.717) is 22.3 Å². The molecule has 10 heteroatoms. The lowest BCUT2D eigenvalue weighted by atomic mass is 10.1. The quantitative estimate of drug-likeness (QED) is 0.479. The normalized spacial score (nSPS) is 18.7. The number of benzene rings is 2. The predicted octanol–water partition coefficient (Wildman–Crippen LogP) is 4.85. The fraction of sp³-hybridized carbons (Fsp3) is 0.250. The van der Waals surface area contributed by atoms with E-state index in [2.05, 4.69) is 10.1 Å². The van der Waals surface area contributed by atoms with Crippen LogP contribution in [0, 0.1) is 11.2 Å². The molecule has 192 valence electrons. The van der Waals surface area contributed by atoms with Crippen LogP contribution < -0.4 is 0 Å². The molecule has 3 aliphatic rings. The van der Waals surface area contributed by atoms with Gasteiger partial charge in [-0.15, -0.1) is 0 Å². The van der Waals surface area contributed by atoms with Crippen LogP contribution in [0.4, 0.5) is 4.39 Å². The molecule has 2 amide bonds. The Morgan fingerprint density at radius 3 is 2.66 bits per heavy atom. The summed E-state index contributed by atoms with van der Waals surface area (Å²) in [5.74, 6) is -0.889. The third kappa shape index (κ3) is 4.56. The number of nitrogens with zero attached hydrogens (tertiary/aromatic N) is 5. The molecule has 0 atom stereocenters. The number of likely N-dealkylation sites (tertiary alicyclic amines) is 1. The van der Waals surface area contributed by atoms with E-state index in [1.807, 2.05) is 39.9 Å². The van der Waals surface area contributed by atoms with Crippen LogP contribution in [0.5, 0.6) is 0 Å². The highest BCUT2D eigenvalue weighted by Gasteiger charge is 2.36. The molecular weight excluding hydrogens is 503 g/mol. The Morgan fingerprint density at radius 2 is 1.84 bits per heavy atom. The smallest absolute Gasteiger partial charge is 0.283 e. The molecule has 0 spiro atoms. The number of amidine groups is 2. The summed E-state index contributed by atoms with van der Waals surface area (Å²) >= 11 is 1.16. The SMILES string of the molecule is N=C1C(=Cc2cn(Cc3ccccc3F)c3ccccc23)C(=O)N=C2SC(CC(=O)N3CCCCC3)=NN12. The van der Waals surface area contributed by atoms with Crippen LogP contribution in [0.15, 0.2) is 70.4 Å². The van der Waals surface area contributed by atoms with Gasteiger partial charge in [0.25, 0.3) is 5.91 Å². The maximum absolute atomic E-state index is 14.3. The van der Waals surface area contributed by atoms with Crippen molar-refractivity contribution < 1.29 is 14.0 Å². The molecule has 1 fully saturated rings. The summed E-state index contributed by atoms with van der Waals surface area (Å²) in [6.07, 6.45) is 6.78. The minimum absolute atomic E-state index is 0.00711. The Bertz CT molecular complexity index is 1570. The average Bonchev–Trinajstić information content (AvgIpc) is 3.49. The van der Waals surface area contributed by atoms with Gasteiger partial charge in [0.2, 0.25) is 11.1 Å². The number of fused-ring (bicyclic) bond motifs is 2. The number of aliphatic imine (C=N–C) groups is 1. The van der Waals surface area contributed by atoms with Gasteiger partial charge in [0.15, 0.2) is 5.84 Å². The number of thioether (sulfide) groups is 1. The summed E-state index contributed by atoms with van der Waals surface area (Å²) in [7, 11) is 0. The summed E-state index contributed by atoms with van der Waals surface area (Å²) in [6, 6.07) is 14.3. The van der Waals surface area contributed by atoms with Crippen LogP contribution in [-0.2, 0) is 16.1 Å². The second-order valence-corrected chi connectivity index (χ2v) is 10.5. The first kappa shape index (κ1) is 24.3. The Morgan fingerprint density at radius 1 is 1.08 bits per heavy atom. The van der Waals surface area contributed by atoms with Crippen molar-refractivity contribution in [3.05, 3.63) is 77.2 Å². The molecule has 0 unspecified atom stereocenters. The van der Waals surface area contributed by atoms with Gasteiger partial charge in [-0.1, -0.05) is 36.4 Å². The third-order valence-electron chi connectivity index (χ3n) is 6.93. The Labute approximate surface area is 223 Å². The highest BCUT2D eigenvalue weighted by atomic mass is 32.2. The number of piperidine rings is 1. The average molecular weight is 529 g/mol. The molecule has 1 N–H and O–H groups in total. The number of carbonyl (C=O) groups is 2. The summed E-state index contributed by atoms with van der Waals surface area (Å²) in [5, 5.41) is 16.2. The first-order valence-electron chi connectivity index (χ1n) is 12.6. The van der Waals surface area contributed by atoms with Crippen LogP contribution in [0.2, 0.25) is 0 Å². The van der Waals surface area contributed by atoms with Gasteiger partial charge >= 0.3 is 0 Å². The zero-order chi connectivity index (χ0) is 26.2. The van der Waals surface area contributed by atoms with Crippen molar-refractivity contribution in [1.29, 1.82) is 5.41 Å². The minimum Gasteiger partial charge on any atom is -0.342 e. The number of aromatic nitrogens is 1. The number of hydrogen-bond acceptors (Lipinski definition) is 5. The van der Waals surface area contributed by atoms with Crippen molar-refractivity contribution >= 4 is 56.6 Å².